The first-order valence-corrected chi connectivity index (χ1v) is 11.0. The number of aryl methyl sites for hydroxylation is 1. The lowest BCUT2D eigenvalue weighted by Crippen LogP contribution is -2.32. The monoisotopic (exact) mass is 425 g/mol. The predicted molar refractivity (Wildman–Crippen MR) is 119 cm³/mol. The summed E-state index contributed by atoms with van der Waals surface area (Å²) >= 11 is 1.59. The second-order valence-corrected chi connectivity index (χ2v) is 8.02. The summed E-state index contributed by atoms with van der Waals surface area (Å²) in [4.78, 5) is 25.9. The van der Waals surface area contributed by atoms with Gasteiger partial charge in [0.2, 0.25) is 0 Å². The van der Waals surface area contributed by atoms with Crippen LogP contribution in [0.5, 0.6) is 0 Å². The van der Waals surface area contributed by atoms with Gasteiger partial charge in [-0.25, -0.2) is 4.68 Å². The number of nitrogens with one attached hydrogen (secondary N) is 1. The number of ether oxygens (including phenoxy) is 1. The highest BCUT2D eigenvalue weighted by atomic mass is 32.1. The smallest absolute Gasteiger partial charge is 0.272 e. The minimum atomic E-state index is -0.324. The van der Waals surface area contributed by atoms with Gasteiger partial charge in [-0.2, -0.15) is 5.10 Å². The standard InChI is InChI=1S/C23H27N3O3S/c1-3-4-6-17-8-10-18(11-9-17)22(20-7-5-16-30-20)24-23(28)19-12-13-21(27)26(25-19)14-15-29-2/h5,7-13,16,22H,3-4,6,14-15H2,1-2H3,(H,24,28). The maximum absolute atomic E-state index is 13.0. The maximum atomic E-state index is 13.0. The topological polar surface area (TPSA) is 73.2 Å². The van der Waals surface area contributed by atoms with Crippen molar-refractivity contribution in [2.45, 2.75) is 38.8 Å². The summed E-state index contributed by atoms with van der Waals surface area (Å²) in [6.07, 6.45) is 3.38. The van der Waals surface area contributed by atoms with Crippen LogP contribution in [-0.4, -0.2) is 29.4 Å². The van der Waals surface area contributed by atoms with E-state index in [0.29, 0.717) is 13.2 Å². The van der Waals surface area contributed by atoms with Crippen molar-refractivity contribution in [1.29, 1.82) is 0 Å². The molecule has 1 unspecified atom stereocenters. The largest absolute Gasteiger partial charge is 0.383 e. The third-order valence-electron chi connectivity index (χ3n) is 4.84. The first-order chi connectivity index (χ1) is 14.6. The fraction of sp³-hybridized carbons (Fsp3) is 0.348. The third-order valence-corrected chi connectivity index (χ3v) is 5.78. The van der Waals surface area contributed by atoms with Crippen molar-refractivity contribution in [2.75, 3.05) is 13.7 Å². The molecule has 0 saturated heterocycles. The Morgan fingerprint density at radius 3 is 2.67 bits per heavy atom. The molecule has 0 aliphatic carbocycles. The van der Waals surface area contributed by atoms with Crippen molar-refractivity contribution in [3.63, 3.8) is 0 Å². The molecule has 1 aromatic carbocycles. The average molecular weight is 426 g/mol. The van der Waals surface area contributed by atoms with Gasteiger partial charge < -0.3 is 10.1 Å². The molecule has 0 radical (unpaired) electrons. The molecule has 0 saturated carbocycles. The number of carbonyl (C=O) groups is 1. The molecule has 0 aliphatic rings. The van der Waals surface area contributed by atoms with Gasteiger partial charge in [-0.1, -0.05) is 43.7 Å². The van der Waals surface area contributed by atoms with E-state index in [0.717, 1.165) is 29.7 Å². The molecule has 0 spiro atoms. The first-order valence-electron chi connectivity index (χ1n) is 10.1. The van der Waals surface area contributed by atoms with Crippen LogP contribution in [0.1, 0.15) is 52.3 Å². The highest BCUT2D eigenvalue weighted by Gasteiger charge is 2.20. The Balaban J connectivity index is 1.82. The highest BCUT2D eigenvalue weighted by molar-refractivity contribution is 7.10. The van der Waals surface area contributed by atoms with E-state index in [1.165, 1.54) is 22.4 Å². The van der Waals surface area contributed by atoms with Crippen LogP contribution in [0.4, 0.5) is 0 Å². The van der Waals surface area contributed by atoms with Gasteiger partial charge in [0.25, 0.3) is 11.5 Å². The predicted octanol–water partition coefficient (Wildman–Crippen LogP) is 3.81. The molecule has 2 aromatic heterocycles. The summed E-state index contributed by atoms with van der Waals surface area (Å²) in [7, 11) is 1.56. The molecule has 0 fully saturated rings. The van der Waals surface area contributed by atoms with Crippen LogP contribution >= 0.6 is 11.3 Å². The Morgan fingerprint density at radius 1 is 1.20 bits per heavy atom. The van der Waals surface area contributed by atoms with Crippen LogP contribution in [-0.2, 0) is 17.7 Å². The number of unbranched alkanes of at least 4 members (excludes halogenated alkanes) is 1. The van der Waals surface area contributed by atoms with E-state index >= 15 is 0 Å². The second kappa shape index (κ2) is 10.8. The van der Waals surface area contributed by atoms with Crippen molar-refractivity contribution >= 4 is 17.2 Å². The van der Waals surface area contributed by atoms with Gasteiger partial charge in [0.15, 0.2) is 0 Å². The normalized spacial score (nSPS) is 11.9. The lowest BCUT2D eigenvalue weighted by Gasteiger charge is -2.18. The second-order valence-electron chi connectivity index (χ2n) is 7.04. The molecule has 0 bridgehead atoms. The molecule has 1 atom stereocenters. The summed E-state index contributed by atoms with van der Waals surface area (Å²) in [5.74, 6) is -0.324. The molecule has 3 aromatic rings. The van der Waals surface area contributed by atoms with E-state index in [-0.39, 0.29) is 23.2 Å². The molecule has 158 valence electrons. The van der Waals surface area contributed by atoms with Gasteiger partial charge in [-0.05, 0) is 41.5 Å². The summed E-state index contributed by atoms with van der Waals surface area (Å²) in [5, 5.41) is 9.27. The molecule has 3 rings (SSSR count). The van der Waals surface area contributed by atoms with E-state index in [1.807, 2.05) is 17.5 Å². The third kappa shape index (κ3) is 5.64. The van der Waals surface area contributed by atoms with Crippen molar-refractivity contribution in [1.82, 2.24) is 15.1 Å². The minimum Gasteiger partial charge on any atom is -0.383 e. The van der Waals surface area contributed by atoms with E-state index in [2.05, 4.69) is 41.6 Å². The quantitative estimate of drug-likeness (QED) is 0.536. The van der Waals surface area contributed by atoms with Crippen molar-refractivity contribution in [3.05, 3.63) is 86.0 Å². The summed E-state index contributed by atoms with van der Waals surface area (Å²) in [6.45, 7) is 2.83. The van der Waals surface area contributed by atoms with Crippen LogP contribution in [0.25, 0.3) is 0 Å². The van der Waals surface area contributed by atoms with Gasteiger partial charge in [-0.15, -0.1) is 11.3 Å². The number of methoxy groups -OCH3 is 1. The van der Waals surface area contributed by atoms with Gasteiger partial charge in [0.05, 0.1) is 19.2 Å². The molecule has 2 heterocycles. The number of aromatic nitrogens is 2. The van der Waals surface area contributed by atoms with Crippen LogP contribution in [0.15, 0.2) is 58.7 Å². The molecule has 1 N–H and O–H groups in total. The summed E-state index contributed by atoms with van der Waals surface area (Å²) < 4.78 is 6.26. The Kier molecular flexibility index (Phi) is 7.93. The van der Waals surface area contributed by atoms with Crippen molar-refractivity contribution in [2.24, 2.45) is 0 Å². The number of thiophene rings is 1. The Labute approximate surface area is 180 Å². The number of carbonyl (C=O) groups excluding carboxylic acids is 1. The Morgan fingerprint density at radius 2 is 2.00 bits per heavy atom. The Hall–Kier alpha value is -2.77. The molecule has 7 heteroatoms. The van der Waals surface area contributed by atoms with Gasteiger partial charge >= 0.3 is 0 Å². The molecule has 1 amide bonds. The zero-order valence-corrected chi connectivity index (χ0v) is 18.2. The summed E-state index contributed by atoms with van der Waals surface area (Å²) in [6, 6.07) is 14.9. The summed E-state index contributed by atoms with van der Waals surface area (Å²) in [5.41, 5.74) is 2.25. The molecule has 30 heavy (non-hydrogen) atoms. The number of hydrogen-bond donors (Lipinski definition) is 1. The van der Waals surface area contributed by atoms with Gasteiger partial charge in [0, 0.05) is 18.1 Å². The van der Waals surface area contributed by atoms with E-state index in [4.69, 9.17) is 4.74 Å². The van der Waals surface area contributed by atoms with E-state index in [1.54, 1.807) is 18.4 Å². The van der Waals surface area contributed by atoms with Crippen LogP contribution in [0.2, 0.25) is 0 Å². The first kappa shape index (κ1) is 21.9. The molecular weight excluding hydrogens is 398 g/mol. The number of amides is 1. The van der Waals surface area contributed by atoms with Crippen molar-refractivity contribution < 1.29 is 9.53 Å². The minimum absolute atomic E-state index is 0.201. The van der Waals surface area contributed by atoms with E-state index in [9.17, 15) is 9.59 Å². The molecule has 0 aliphatic heterocycles. The number of benzene rings is 1. The number of nitrogens with zero attached hydrogens (tertiary/aromatic N) is 2. The maximum Gasteiger partial charge on any atom is 0.272 e. The number of rotatable bonds is 10. The lowest BCUT2D eigenvalue weighted by molar-refractivity contribution is 0.0934. The molecule has 6 nitrogen and oxygen atoms in total. The zero-order chi connectivity index (χ0) is 21.3. The average Bonchev–Trinajstić information content (AvgIpc) is 3.30. The highest BCUT2D eigenvalue weighted by Crippen LogP contribution is 2.27. The van der Waals surface area contributed by atoms with Gasteiger partial charge in [0.1, 0.15) is 5.69 Å². The fourth-order valence-corrected chi connectivity index (χ4v) is 3.95. The van der Waals surface area contributed by atoms with Gasteiger partial charge in [-0.3, -0.25) is 9.59 Å². The van der Waals surface area contributed by atoms with Crippen LogP contribution in [0, 0.1) is 0 Å². The van der Waals surface area contributed by atoms with Crippen molar-refractivity contribution in [3.8, 4) is 0 Å². The zero-order valence-electron chi connectivity index (χ0n) is 17.3. The molecular formula is C23H27N3O3S. The lowest BCUT2D eigenvalue weighted by atomic mass is 10.0. The SMILES string of the molecule is CCCCc1ccc(C(NC(=O)c2ccc(=O)n(CCOC)n2)c2cccs2)cc1. The van der Waals surface area contributed by atoms with Crippen LogP contribution < -0.4 is 10.9 Å². The number of hydrogen-bond acceptors (Lipinski definition) is 5. The van der Waals surface area contributed by atoms with Crippen LogP contribution in [0.3, 0.4) is 0 Å². The fourth-order valence-electron chi connectivity index (χ4n) is 3.14. The Bertz CT molecular complexity index is 997. The van der Waals surface area contributed by atoms with E-state index < -0.39 is 0 Å².